The summed E-state index contributed by atoms with van der Waals surface area (Å²) in [7, 11) is 1.26. The normalized spacial score (nSPS) is 12.3. The first-order valence-electron chi connectivity index (χ1n) is 4.32. The average Bonchev–Trinajstić information content (AvgIpc) is 2.22. The van der Waals surface area contributed by atoms with Crippen LogP contribution in [0.4, 0.5) is 4.39 Å². The van der Waals surface area contributed by atoms with Crippen LogP contribution in [-0.4, -0.2) is 19.1 Å². The van der Waals surface area contributed by atoms with Crippen LogP contribution in [0.25, 0.3) is 0 Å². The standard InChI is InChI=1S/C10H11ClFNO2/c1-15-10(14)9(13)5-6-2-3-8(12)7(11)4-6/h2-4,9H,5,13H2,1H3. The minimum Gasteiger partial charge on any atom is -0.468 e. The Bertz CT molecular complexity index is 370. The molecule has 1 aromatic carbocycles. The molecule has 3 nitrogen and oxygen atoms in total. The Morgan fingerprint density at radius 1 is 1.67 bits per heavy atom. The summed E-state index contributed by atoms with van der Waals surface area (Å²) in [5, 5.41) is 0.0181. The largest absolute Gasteiger partial charge is 0.468 e. The molecule has 0 aliphatic rings. The Morgan fingerprint density at radius 3 is 2.87 bits per heavy atom. The number of methoxy groups -OCH3 is 1. The number of benzene rings is 1. The van der Waals surface area contributed by atoms with Gasteiger partial charge in [0.25, 0.3) is 0 Å². The smallest absolute Gasteiger partial charge is 0.322 e. The van der Waals surface area contributed by atoms with Crippen LogP contribution in [0.5, 0.6) is 0 Å². The summed E-state index contributed by atoms with van der Waals surface area (Å²) >= 11 is 5.58. The molecule has 1 unspecified atom stereocenters. The fraction of sp³-hybridized carbons (Fsp3) is 0.300. The van der Waals surface area contributed by atoms with Crippen molar-refractivity contribution in [3.63, 3.8) is 0 Å². The zero-order valence-corrected chi connectivity index (χ0v) is 8.92. The number of carbonyl (C=O) groups excluding carboxylic acids is 1. The number of halogens is 2. The zero-order chi connectivity index (χ0) is 11.4. The number of ether oxygens (including phenoxy) is 1. The molecule has 0 amide bonds. The third kappa shape index (κ3) is 3.18. The number of carbonyl (C=O) groups is 1. The van der Waals surface area contributed by atoms with Gasteiger partial charge in [0.1, 0.15) is 11.9 Å². The molecule has 1 aromatic rings. The highest BCUT2D eigenvalue weighted by Gasteiger charge is 2.14. The number of hydrogen-bond donors (Lipinski definition) is 1. The Morgan fingerprint density at radius 2 is 2.33 bits per heavy atom. The van der Waals surface area contributed by atoms with Crippen molar-refractivity contribution in [2.45, 2.75) is 12.5 Å². The summed E-state index contributed by atoms with van der Waals surface area (Å²) in [6.07, 6.45) is 0.271. The van der Waals surface area contributed by atoms with Gasteiger partial charge in [-0.15, -0.1) is 0 Å². The average molecular weight is 232 g/mol. The summed E-state index contributed by atoms with van der Waals surface area (Å²) in [6, 6.07) is 3.46. The minimum absolute atomic E-state index is 0.0181. The van der Waals surface area contributed by atoms with E-state index in [1.54, 1.807) is 0 Å². The summed E-state index contributed by atoms with van der Waals surface area (Å²) in [5.41, 5.74) is 6.23. The van der Waals surface area contributed by atoms with E-state index in [4.69, 9.17) is 17.3 Å². The SMILES string of the molecule is COC(=O)C(N)Cc1ccc(F)c(Cl)c1. The first kappa shape index (κ1) is 11.9. The highest BCUT2D eigenvalue weighted by molar-refractivity contribution is 6.30. The van der Waals surface area contributed by atoms with Crippen LogP contribution >= 0.6 is 11.6 Å². The van der Waals surface area contributed by atoms with Crippen LogP contribution in [0.15, 0.2) is 18.2 Å². The van der Waals surface area contributed by atoms with E-state index in [0.29, 0.717) is 5.56 Å². The second-order valence-corrected chi connectivity index (χ2v) is 3.49. The highest BCUT2D eigenvalue weighted by atomic mass is 35.5. The second-order valence-electron chi connectivity index (χ2n) is 3.08. The highest BCUT2D eigenvalue weighted by Crippen LogP contribution is 2.16. The van der Waals surface area contributed by atoms with E-state index in [-0.39, 0.29) is 11.4 Å². The molecule has 1 rings (SSSR count). The molecule has 2 N–H and O–H groups in total. The van der Waals surface area contributed by atoms with Crippen molar-refractivity contribution in [1.82, 2.24) is 0 Å². The summed E-state index contributed by atoms with van der Waals surface area (Å²) < 4.78 is 17.3. The quantitative estimate of drug-likeness (QED) is 0.803. The van der Waals surface area contributed by atoms with E-state index in [1.807, 2.05) is 0 Å². The van der Waals surface area contributed by atoms with Crippen molar-refractivity contribution in [3.8, 4) is 0 Å². The van der Waals surface area contributed by atoms with E-state index < -0.39 is 17.8 Å². The molecule has 0 aliphatic carbocycles. The van der Waals surface area contributed by atoms with Gasteiger partial charge in [0.2, 0.25) is 0 Å². The Labute approximate surface area is 92.0 Å². The zero-order valence-electron chi connectivity index (χ0n) is 8.17. The van der Waals surface area contributed by atoms with E-state index in [2.05, 4.69) is 4.74 Å². The molecule has 5 heteroatoms. The van der Waals surface area contributed by atoms with E-state index in [1.165, 1.54) is 25.3 Å². The van der Waals surface area contributed by atoms with E-state index in [9.17, 15) is 9.18 Å². The predicted octanol–water partition coefficient (Wildman–Crippen LogP) is 1.52. The maximum absolute atomic E-state index is 12.8. The third-order valence-electron chi connectivity index (χ3n) is 1.94. The van der Waals surface area contributed by atoms with Gasteiger partial charge in [-0.1, -0.05) is 17.7 Å². The molecule has 0 radical (unpaired) electrons. The van der Waals surface area contributed by atoms with Gasteiger partial charge in [0.05, 0.1) is 12.1 Å². The fourth-order valence-corrected chi connectivity index (χ4v) is 1.36. The first-order chi connectivity index (χ1) is 7.04. The van der Waals surface area contributed by atoms with E-state index >= 15 is 0 Å². The molecule has 0 saturated heterocycles. The van der Waals surface area contributed by atoms with Crippen molar-refractivity contribution in [3.05, 3.63) is 34.6 Å². The molecule has 15 heavy (non-hydrogen) atoms. The van der Waals surface area contributed by atoms with Crippen molar-refractivity contribution < 1.29 is 13.9 Å². The maximum atomic E-state index is 12.8. The van der Waals surface area contributed by atoms with Crippen molar-refractivity contribution in [2.24, 2.45) is 5.73 Å². The van der Waals surface area contributed by atoms with Gasteiger partial charge < -0.3 is 10.5 Å². The van der Waals surface area contributed by atoms with Gasteiger partial charge in [-0.2, -0.15) is 0 Å². The van der Waals surface area contributed by atoms with Gasteiger partial charge in [-0.05, 0) is 24.1 Å². The number of rotatable bonds is 3. The third-order valence-corrected chi connectivity index (χ3v) is 2.23. The molecule has 0 fully saturated rings. The lowest BCUT2D eigenvalue weighted by Gasteiger charge is -2.09. The Kier molecular flexibility index (Phi) is 4.05. The van der Waals surface area contributed by atoms with Crippen LogP contribution in [-0.2, 0) is 16.0 Å². The van der Waals surface area contributed by atoms with Crippen LogP contribution in [0, 0.1) is 5.82 Å². The molecule has 0 bridgehead atoms. The summed E-state index contributed by atoms with van der Waals surface area (Å²) in [6.45, 7) is 0. The second kappa shape index (κ2) is 5.09. The Balaban J connectivity index is 2.73. The van der Waals surface area contributed by atoms with E-state index in [0.717, 1.165) is 0 Å². The van der Waals surface area contributed by atoms with Gasteiger partial charge in [-0.3, -0.25) is 4.79 Å². The molecule has 0 aromatic heterocycles. The van der Waals surface area contributed by atoms with Crippen LogP contribution in [0.1, 0.15) is 5.56 Å². The first-order valence-corrected chi connectivity index (χ1v) is 4.69. The van der Waals surface area contributed by atoms with Gasteiger partial charge in [0.15, 0.2) is 0 Å². The number of hydrogen-bond acceptors (Lipinski definition) is 3. The summed E-state index contributed by atoms with van der Waals surface area (Å²) in [5.74, 6) is -0.998. The molecular weight excluding hydrogens is 221 g/mol. The molecule has 0 spiro atoms. The lowest BCUT2D eigenvalue weighted by molar-refractivity contribution is -0.142. The fourth-order valence-electron chi connectivity index (χ4n) is 1.16. The van der Waals surface area contributed by atoms with Crippen LogP contribution < -0.4 is 5.73 Å². The van der Waals surface area contributed by atoms with Crippen molar-refractivity contribution >= 4 is 17.6 Å². The molecule has 82 valence electrons. The molecule has 0 aliphatic heterocycles. The molecular formula is C10H11ClFNO2. The lowest BCUT2D eigenvalue weighted by atomic mass is 10.1. The number of nitrogens with two attached hydrogens (primary N) is 1. The number of esters is 1. The van der Waals surface area contributed by atoms with Crippen LogP contribution in [0.3, 0.4) is 0 Å². The van der Waals surface area contributed by atoms with Crippen molar-refractivity contribution in [2.75, 3.05) is 7.11 Å². The molecule has 0 heterocycles. The maximum Gasteiger partial charge on any atom is 0.322 e. The van der Waals surface area contributed by atoms with Gasteiger partial charge in [0, 0.05) is 0 Å². The minimum atomic E-state index is -0.753. The lowest BCUT2D eigenvalue weighted by Crippen LogP contribution is -2.33. The predicted molar refractivity (Wildman–Crippen MR) is 55.1 cm³/mol. The monoisotopic (exact) mass is 231 g/mol. The summed E-state index contributed by atoms with van der Waals surface area (Å²) in [4.78, 5) is 11.0. The topological polar surface area (TPSA) is 52.3 Å². The molecule has 1 atom stereocenters. The molecule has 0 saturated carbocycles. The van der Waals surface area contributed by atoms with Crippen molar-refractivity contribution in [1.29, 1.82) is 0 Å². The van der Waals surface area contributed by atoms with Crippen LogP contribution in [0.2, 0.25) is 5.02 Å². The van der Waals surface area contributed by atoms with Gasteiger partial charge >= 0.3 is 5.97 Å². The van der Waals surface area contributed by atoms with Gasteiger partial charge in [-0.25, -0.2) is 4.39 Å². The Hall–Kier alpha value is -1.13.